The van der Waals surface area contributed by atoms with E-state index in [4.69, 9.17) is 5.84 Å². The lowest BCUT2D eigenvalue weighted by molar-refractivity contribution is -0.113. The summed E-state index contributed by atoms with van der Waals surface area (Å²) in [6, 6.07) is 5.99. The fourth-order valence-electron chi connectivity index (χ4n) is 2.92. The van der Waals surface area contributed by atoms with E-state index in [0.717, 1.165) is 42.3 Å². The summed E-state index contributed by atoms with van der Waals surface area (Å²) in [5.41, 5.74) is 3.08. The molecule has 3 aromatic rings. The van der Waals surface area contributed by atoms with Crippen LogP contribution in [0.1, 0.15) is 17.7 Å². The number of nitrogens with two attached hydrogens (primary N) is 1. The zero-order valence-electron chi connectivity index (χ0n) is 13.7. The van der Waals surface area contributed by atoms with Crippen LogP contribution in [0.25, 0.3) is 11.5 Å². The molecule has 0 bridgehead atoms. The van der Waals surface area contributed by atoms with Gasteiger partial charge in [-0.15, -0.1) is 10.2 Å². The predicted octanol–water partition coefficient (Wildman–Crippen LogP) is 1.74. The fraction of sp³-hybridized carbons (Fsp3) is 0.250. The van der Waals surface area contributed by atoms with Gasteiger partial charge < -0.3 is 11.2 Å². The molecule has 2 aromatic heterocycles. The number of halogens is 1. The van der Waals surface area contributed by atoms with Crippen molar-refractivity contribution in [3.05, 3.63) is 41.3 Å². The Hall–Kier alpha value is -2.88. The number of thioether (sulfide) groups is 1. The molecule has 26 heavy (non-hydrogen) atoms. The number of aryl methyl sites for hydroxylation is 1. The van der Waals surface area contributed by atoms with E-state index in [1.54, 1.807) is 12.1 Å². The van der Waals surface area contributed by atoms with Crippen molar-refractivity contribution in [2.75, 3.05) is 16.9 Å². The Morgan fingerprint density at radius 1 is 1.35 bits per heavy atom. The second kappa shape index (κ2) is 6.79. The highest BCUT2D eigenvalue weighted by Gasteiger charge is 2.24. The molecule has 0 spiro atoms. The summed E-state index contributed by atoms with van der Waals surface area (Å²) < 4.78 is 14.9. The number of hydrogen-bond acceptors (Lipinski definition) is 6. The van der Waals surface area contributed by atoms with Gasteiger partial charge in [0.05, 0.1) is 11.4 Å². The zero-order valence-corrected chi connectivity index (χ0v) is 14.5. The highest BCUT2D eigenvalue weighted by Crippen LogP contribution is 2.30. The maximum absolute atomic E-state index is 13.6. The number of anilines is 1. The average molecular weight is 373 g/mol. The molecule has 1 aliphatic carbocycles. The molecule has 2 heterocycles. The third-order valence-electron chi connectivity index (χ3n) is 4.16. The first-order valence-corrected chi connectivity index (χ1v) is 9.06. The molecule has 0 unspecified atom stereocenters. The number of nitrogens with zero attached hydrogens (tertiary/aromatic N) is 4. The fourth-order valence-corrected chi connectivity index (χ4v) is 3.58. The first kappa shape index (κ1) is 16.6. The van der Waals surface area contributed by atoms with E-state index in [1.165, 1.54) is 16.8 Å². The van der Waals surface area contributed by atoms with Crippen LogP contribution in [0.5, 0.6) is 0 Å². The number of H-pyrrole nitrogens is 1. The maximum Gasteiger partial charge on any atom is 0.234 e. The van der Waals surface area contributed by atoms with Gasteiger partial charge in [0, 0.05) is 11.3 Å². The number of carbonyl (C=O) groups is 1. The molecule has 1 amide bonds. The zero-order chi connectivity index (χ0) is 18.1. The lowest BCUT2D eigenvalue weighted by Crippen LogP contribution is -2.17. The maximum atomic E-state index is 13.6. The number of aromatic nitrogens is 5. The van der Waals surface area contributed by atoms with Crippen LogP contribution in [-0.4, -0.2) is 36.7 Å². The van der Waals surface area contributed by atoms with Gasteiger partial charge in [0.15, 0.2) is 0 Å². The number of amides is 1. The van der Waals surface area contributed by atoms with Crippen LogP contribution < -0.4 is 11.2 Å². The summed E-state index contributed by atoms with van der Waals surface area (Å²) >= 11 is 1.12. The van der Waals surface area contributed by atoms with Gasteiger partial charge in [0.25, 0.3) is 0 Å². The van der Waals surface area contributed by atoms with Gasteiger partial charge in [-0.25, -0.2) is 9.07 Å². The molecule has 0 radical (unpaired) electrons. The van der Waals surface area contributed by atoms with Crippen LogP contribution in [0.15, 0.2) is 29.4 Å². The summed E-state index contributed by atoms with van der Waals surface area (Å²) in [4.78, 5) is 12.0. The third kappa shape index (κ3) is 3.03. The van der Waals surface area contributed by atoms with E-state index < -0.39 is 5.82 Å². The van der Waals surface area contributed by atoms with Gasteiger partial charge in [-0.2, -0.15) is 5.10 Å². The van der Waals surface area contributed by atoms with Crippen LogP contribution in [0.3, 0.4) is 0 Å². The largest absolute Gasteiger partial charge is 0.335 e. The normalized spacial score (nSPS) is 13.0. The van der Waals surface area contributed by atoms with Crippen LogP contribution in [0.4, 0.5) is 10.1 Å². The van der Waals surface area contributed by atoms with Crippen molar-refractivity contribution in [1.82, 2.24) is 25.1 Å². The van der Waals surface area contributed by atoms with Crippen molar-refractivity contribution >= 4 is 23.4 Å². The van der Waals surface area contributed by atoms with E-state index in [2.05, 4.69) is 25.7 Å². The Kier molecular flexibility index (Phi) is 4.33. The summed E-state index contributed by atoms with van der Waals surface area (Å²) in [5, 5.41) is 18.3. The summed E-state index contributed by atoms with van der Waals surface area (Å²) in [6.45, 7) is 0. The predicted molar refractivity (Wildman–Crippen MR) is 95.5 cm³/mol. The number of nitrogens with one attached hydrogen (secondary N) is 2. The van der Waals surface area contributed by atoms with E-state index >= 15 is 0 Å². The first-order chi connectivity index (χ1) is 12.6. The number of fused-ring (bicyclic) bond motifs is 1. The second-order valence-electron chi connectivity index (χ2n) is 5.88. The number of nitrogen functional groups attached to an aromatic ring is 1. The Morgan fingerprint density at radius 3 is 3.04 bits per heavy atom. The topological polar surface area (TPSA) is 115 Å². The minimum atomic E-state index is -0.484. The van der Waals surface area contributed by atoms with Gasteiger partial charge in [-0.05, 0) is 31.4 Å². The molecule has 0 aliphatic heterocycles. The molecule has 4 N–H and O–H groups in total. The lowest BCUT2D eigenvalue weighted by atomic mass is 10.2. The second-order valence-corrected chi connectivity index (χ2v) is 6.82. The summed E-state index contributed by atoms with van der Waals surface area (Å²) in [5.74, 6) is 5.73. The van der Waals surface area contributed by atoms with Crippen molar-refractivity contribution in [2.24, 2.45) is 0 Å². The van der Waals surface area contributed by atoms with Gasteiger partial charge in [0.1, 0.15) is 11.5 Å². The quantitative estimate of drug-likeness (QED) is 0.464. The van der Waals surface area contributed by atoms with Crippen LogP contribution in [0.2, 0.25) is 0 Å². The molecule has 4 rings (SSSR count). The van der Waals surface area contributed by atoms with Crippen molar-refractivity contribution in [3.8, 4) is 11.5 Å². The van der Waals surface area contributed by atoms with E-state index in [9.17, 15) is 9.18 Å². The Balaban J connectivity index is 1.44. The van der Waals surface area contributed by atoms with Gasteiger partial charge in [-0.3, -0.25) is 9.89 Å². The van der Waals surface area contributed by atoms with E-state index in [1.807, 2.05) is 0 Å². The Morgan fingerprint density at radius 2 is 2.19 bits per heavy atom. The standard InChI is InChI=1S/C16H16FN7OS/c17-10-5-1-2-6-12(10)19-13(25)8-26-16-23-22-15(24(16)18)14-9-4-3-7-11(9)20-21-14/h1-2,5-6H,3-4,7-8,18H2,(H,19,25)(H,20,21). The molecule has 0 atom stereocenters. The van der Waals surface area contributed by atoms with Crippen LogP contribution in [-0.2, 0) is 17.6 Å². The van der Waals surface area contributed by atoms with Gasteiger partial charge in [0.2, 0.25) is 16.9 Å². The average Bonchev–Trinajstić information content (AvgIpc) is 3.32. The molecule has 1 aromatic carbocycles. The molecule has 8 nitrogen and oxygen atoms in total. The molecule has 0 saturated heterocycles. The van der Waals surface area contributed by atoms with Crippen molar-refractivity contribution in [3.63, 3.8) is 0 Å². The van der Waals surface area contributed by atoms with Crippen molar-refractivity contribution in [1.29, 1.82) is 0 Å². The highest BCUT2D eigenvalue weighted by atomic mass is 32.2. The molecular weight excluding hydrogens is 357 g/mol. The highest BCUT2D eigenvalue weighted by molar-refractivity contribution is 7.99. The van der Waals surface area contributed by atoms with E-state index in [0.29, 0.717) is 16.7 Å². The minimum absolute atomic E-state index is 0.0301. The van der Waals surface area contributed by atoms with E-state index in [-0.39, 0.29) is 17.3 Å². The van der Waals surface area contributed by atoms with Crippen molar-refractivity contribution in [2.45, 2.75) is 24.4 Å². The molecule has 0 fully saturated rings. The lowest BCUT2D eigenvalue weighted by Gasteiger charge is -2.06. The van der Waals surface area contributed by atoms with Crippen molar-refractivity contribution < 1.29 is 9.18 Å². The molecule has 134 valence electrons. The van der Waals surface area contributed by atoms with Crippen LogP contribution >= 0.6 is 11.8 Å². The Labute approximate surface area is 152 Å². The van der Waals surface area contributed by atoms with Crippen LogP contribution in [0, 0.1) is 5.82 Å². The SMILES string of the molecule is Nn1c(SCC(=O)Nc2ccccc2F)nnc1-c1n[nH]c2c1CCC2. The Bertz CT molecular complexity index is 967. The first-order valence-electron chi connectivity index (χ1n) is 8.07. The number of hydrogen-bond donors (Lipinski definition) is 3. The number of rotatable bonds is 5. The molecular formula is C16H16FN7OS. The number of para-hydroxylation sites is 1. The minimum Gasteiger partial charge on any atom is -0.335 e. The smallest absolute Gasteiger partial charge is 0.234 e. The molecule has 10 heteroatoms. The van der Waals surface area contributed by atoms with Gasteiger partial charge >= 0.3 is 0 Å². The number of aromatic amines is 1. The third-order valence-corrected chi connectivity index (χ3v) is 5.11. The molecule has 1 aliphatic rings. The number of carbonyl (C=O) groups excluding carboxylic acids is 1. The summed E-state index contributed by atoms with van der Waals surface area (Å²) in [6.07, 6.45) is 2.98. The number of benzene rings is 1. The molecule has 0 saturated carbocycles. The van der Waals surface area contributed by atoms with Gasteiger partial charge in [-0.1, -0.05) is 23.9 Å². The summed E-state index contributed by atoms with van der Waals surface area (Å²) in [7, 11) is 0. The monoisotopic (exact) mass is 373 g/mol.